The van der Waals surface area contributed by atoms with Crippen LogP contribution in [-0.4, -0.2) is 34.3 Å². The number of carbonyl (C=O) groups is 1. The van der Waals surface area contributed by atoms with Crippen LogP contribution in [0.4, 0.5) is 0 Å². The summed E-state index contributed by atoms with van der Waals surface area (Å²) in [7, 11) is 0. The molecule has 0 N–H and O–H groups in total. The first-order chi connectivity index (χ1) is 8.83. The van der Waals surface area contributed by atoms with Crippen molar-refractivity contribution >= 4 is 16.8 Å². The fourth-order valence-corrected chi connectivity index (χ4v) is 2.74. The SMILES string of the molecule is O=C1CC(n2cnc3ccccc32)C2COC1O2. The molecular weight excluding hydrogens is 232 g/mol. The lowest BCUT2D eigenvalue weighted by Crippen LogP contribution is -2.36. The van der Waals surface area contributed by atoms with E-state index in [9.17, 15) is 4.79 Å². The molecule has 5 heteroatoms. The van der Waals surface area contributed by atoms with Crippen molar-refractivity contribution in [3.63, 3.8) is 0 Å². The number of Topliss-reactive ketones (excluding diaryl/α,β-unsaturated/α-hetero) is 1. The van der Waals surface area contributed by atoms with Gasteiger partial charge in [0.2, 0.25) is 6.29 Å². The summed E-state index contributed by atoms with van der Waals surface area (Å²) in [4.78, 5) is 16.2. The molecule has 2 aliphatic rings. The molecule has 18 heavy (non-hydrogen) atoms. The van der Waals surface area contributed by atoms with Crippen LogP contribution < -0.4 is 0 Å². The first kappa shape index (κ1) is 10.2. The Morgan fingerprint density at radius 1 is 1.33 bits per heavy atom. The highest BCUT2D eigenvalue weighted by Crippen LogP contribution is 2.34. The number of benzene rings is 1. The maximum absolute atomic E-state index is 11.8. The van der Waals surface area contributed by atoms with Gasteiger partial charge in [-0.1, -0.05) is 12.1 Å². The predicted octanol–water partition coefficient (Wildman–Crippen LogP) is 1.29. The molecule has 5 nitrogen and oxygen atoms in total. The Labute approximate surface area is 103 Å². The van der Waals surface area contributed by atoms with E-state index in [2.05, 4.69) is 4.98 Å². The zero-order chi connectivity index (χ0) is 12.1. The molecule has 0 saturated carbocycles. The van der Waals surface area contributed by atoms with E-state index in [1.165, 1.54) is 0 Å². The Balaban J connectivity index is 1.80. The third-order valence-corrected chi connectivity index (χ3v) is 3.65. The fourth-order valence-electron chi connectivity index (χ4n) is 2.74. The summed E-state index contributed by atoms with van der Waals surface area (Å²) >= 11 is 0. The van der Waals surface area contributed by atoms with E-state index in [0.717, 1.165) is 11.0 Å². The lowest BCUT2D eigenvalue weighted by molar-refractivity contribution is -0.156. The summed E-state index contributed by atoms with van der Waals surface area (Å²) < 4.78 is 12.9. The number of ether oxygens (including phenoxy) is 2. The van der Waals surface area contributed by atoms with Gasteiger partial charge in [-0.3, -0.25) is 4.79 Å². The van der Waals surface area contributed by atoms with Crippen molar-refractivity contribution in [2.45, 2.75) is 24.9 Å². The third kappa shape index (κ3) is 1.34. The van der Waals surface area contributed by atoms with Crippen LogP contribution in [0.3, 0.4) is 0 Å². The molecule has 92 valence electrons. The van der Waals surface area contributed by atoms with Crippen LogP contribution in [0.25, 0.3) is 11.0 Å². The van der Waals surface area contributed by atoms with E-state index in [0.29, 0.717) is 13.0 Å². The van der Waals surface area contributed by atoms with Gasteiger partial charge < -0.3 is 14.0 Å². The van der Waals surface area contributed by atoms with Crippen molar-refractivity contribution in [3.05, 3.63) is 30.6 Å². The number of carbonyl (C=O) groups excluding carboxylic acids is 1. The van der Waals surface area contributed by atoms with Crippen LogP contribution in [0.5, 0.6) is 0 Å². The van der Waals surface area contributed by atoms with Gasteiger partial charge in [-0.05, 0) is 12.1 Å². The minimum absolute atomic E-state index is 0.0105. The second-order valence-corrected chi connectivity index (χ2v) is 4.72. The molecule has 3 unspecified atom stereocenters. The number of para-hydroxylation sites is 2. The molecule has 0 amide bonds. The van der Waals surface area contributed by atoms with Gasteiger partial charge in [-0.25, -0.2) is 4.98 Å². The number of hydrogen-bond acceptors (Lipinski definition) is 4. The minimum Gasteiger partial charge on any atom is -0.343 e. The molecule has 2 bridgehead atoms. The van der Waals surface area contributed by atoms with Crippen LogP contribution in [0.15, 0.2) is 30.6 Å². The molecule has 3 atom stereocenters. The van der Waals surface area contributed by atoms with Gasteiger partial charge in [0, 0.05) is 6.42 Å². The summed E-state index contributed by atoms with van der Waals surface area (Å²) in [6.07, 6.45) is 1.55. The molecule has 0 aliphatic carbocycles. The first-order valence-corrected chi connectivity index (χ1v) is 6.04. The van der Waals surface area contributed by atoms with Crippen molar-refractivity contribution in [3.8, 4) is 0 Å². The van der Waals surface area contributed by atoms with Crippen LogP contribution in [0, 0.1) is 0 Å². The second-order valence-electron chi connectivity index (χ2n) is 4.72. The summed E-state index contributed by atoms with van der Waals surface area (Å²) in [5, 5.41) is 0. The van der Waals surface area contributed by atoms with E-state index in [1.54, 1.807) is 6.33 Å². The Kier molecular flexibility index (Phi) is 2.06. The zero-order valence-electron chi connectivity index (χ0n) is 9.65. The normalized spacial score (nSPS) is 31.1. The number of ketones is 1. The maximum Gasteiger partial charge on any atom is 0.218 e. The Morgan fingerprint density at radius 2 is 2.22 bits per heavy atom. The van der Waals surface area contributed by atoms with Gasteiger partial charge >= 0.3 is 0 Å². The molecule has 2 aromatic rings. The van der Waals surface area contributed by atoms with E-state index >= 15 is 0 Å². The van der Waals surface area contributed by atoms with Gasteiger partial charge in [0.25, 0.3) is 0 Å². The number of hydrogen-bond donors (Lipinski definition) is 0. The van der Waals surface area contributed by atoms with Gasteiger partial charge in [0.1, 0.15) is 6.10 Å². The number of rotatable bonds is 1. The summed E-state index contributed by atoms with van der Waals surface area (Å²) in [5.74, 6) is 0.0199. The highest BCUT2D eigenvalue weighted by atomic mass is 16.7. The molecular formula is C13H12N2O3. The number of imidazole rings is 1. The summed E-state index contributed by atoms with van der Waals surface area (Å²) in [6, 6.07) is 7.89. The lowest BCUT2D eigenvalue weighted by Gasteiger charge is -2.27. The van der Waals surface area contributed by atoms with E-state index < -0.39 is 6.29 Å². The van der Waals surface area contributed by atoms with Crippen LogP contribution in [0.2, 0.25) is 0 Å². The van der Waals surface area contributed by atoms with Gasteiger partial charge in [0.15, 0.2) is 5.78 Å². The Morgan fingerprint density at radius 3 is 3.17 bits per heavy atom. The minimum atomic E-state index is -0.638. The zero-order valence-corrected chi connectivity index (χ0v) is 9.65. The Hall–Kier alpha value is -1.72. The average Bonchev–Trinajstić information content (AvgIpc) is 3.00. The average molecular weight is 244 g/mol. The molecule has 4 rings (SSSR count). The highest BCUT2D eigenvalue weighted by Gasteiger charge is 2.44. The molecule has 3 heterocycles. The summed E-state index contributed by atoms with van der Waals surface area (Å²) in [6.45, 7) is 0.480. The van der Waals surface area contributed by atoms with Crippen LogP contribution in [-0.2, 0) is 14.3 Å². The quantitative estimate of drug-likeness (QED) is 0.758. The molecule has 0 radical (unpaired) electrons. The van der Waals surface area contributed by atoms with Crippen LogP contribution in [0.1, 0.15) is 12.5 Å². The van der Waals surface area contributed by atoms with E-state index in [1.807, 2.05) is 28.8 Å². The van der Waals surface area contributed by atoms with Gasteiger partial charge in [0.05, 0.1) is 30.0 Å². The second kappa shape index (κ2) is 3.63. The highest BCUT2D eigenvalue weighted by molar-refractivity contribution is 5.84. The number of nitrogens with zero attached hydrogens (tertiary/aromatic N) is 2. The molecule has 2 aliphatic heterocycles. The Bertz CT molecular complexity index is 621. The third-order valence-electron chi connectivity index (χ3n) is 3.65. The number of fused-ring (bicyclic) bond motifs is 3. The lowest BCUT2D eigenvalue weighted by atomic mass is 10.0. The van der Waals surface area contributed by atoms with E-state index in [4.69, 9.17) is 9.47 Å². The maximum atomic E-state index is 11.8. The van der Waals surface area contributed by atoms with Crippen molar-refractivity contribution in [1.29, 1.82) is 0 Å². The smallest absolute Gasteiger partial charge is 0.218 e. The molecule has 1 aromatic heterocycles. The van der Waals surface area contributed by atoms with Crippen molar-refractivity contribution in [2.75, 3.05) is 6.61 Å². The van der Waals surface area contributed by atoms with Gasteiger partial charge in [-0.2, -0.15) is 0 Å². The molecule has 0 spiro atoms. The molecule has 1 aromatic carbocycles. The largest absolute Gasteiger partial charge is 0.343 e. The predicted molar refractivity (Wildman–Crippen MR) is 63.0 cm³/mol. The van der Waals surface area contributed by atoms with Crippen molar-refractivity contribution < 1.29 is 14.3 Å². The first-order valence-electron chi connectivity index (χ1n) is 6.04. The standard InChI is InChI=1S/C13H12N2O3/c16-11-5-10(12-6-17-13(11)18-12)15-7-14-8-3-1-2-4-9(8)15/h1-4,7,10,12-13H,5-6H2. The van der Waals surface area contributed by atoms with E-state index in [-0.39, 0.29) is 17.9 Å². The van der Waals surface area contributed by atoms with Crippen molar-refractivity contribution in [2.24, 2.45) is 0 Å². The van der Waals surface area contributed by atoms with Gasteiger partial charge in [-0.15, -0.1) is 0 Å². The molecule has 2 fully saturated rings. The van der Waals surface area contributed by atoms with Crippen molar-refractivity contribution in [1.82, 2.24) is 9.55 Å². The topological polar surface area (TPSA) is 53.4 Å². The number of aromatic nitrogens is 2. The van der Waals surface area contributed by atoms with Crippen LogP contribution >= 0.6 is 0 Å². The monoisotopic (exact) mass is 244 g/mol. The molecule has 2 saturated heterocycles. The fraction of sp³-hybridized carbons (Fsp3) is 0.385. The summed E-state index contributed by atoms with van der Waals surface area (Å²) in [5.41, 5.74) is 1.97.